The highest BCUT2D eigenvalue weighted by molar-refractivity contribution is 5.99. The van der Waals surface area contributed by atoms with Gasteiger partial charge in [-0.15, -0.1) is 0 Å². The first-order valence-corrected chi connectivity index (χ1v) is 11.7. The molecule has 8 heteroatoms. The largest absolute Gasteiger partial charge is 0.465 e. The molecule has 0 aliphatic carbocycles. The number of cyclic esters (lactones) is 1. The molecular weight excluding hydrogens is 412 g/mol. The number of amides is 2. The molecule has 0 aromatic rings. The summed E-state index contributed by atoms with van der Waals surface area (Å²) in [7, 11) is 0. The number of aliphatic hydroxyl groups is 1. The molecule has 0 bridgehead atoms. The molecule has 2 fully saturated rings. The highest BCUT2D eigenvalue weighted by Gasteiger charge is 2.74. The Bertz CT molecular complexity index is 840. The second-order valence-corrected chi connectivity index (χ2v) is 9.50. The summed E-state index contributed by atoms with van der Waals surface area (Å²) in [4.78, 5) is 44.2. The average molecular weight is 447 g/mol. The topological polar surface area (TPSA) is 96.4 Å². The maximum atomic E-state index is 13.9. The Morgan fingerprint density at radius 3 is 2.69 bits per heavy atom. The zero-order valence-electron chi connectivity index (χ0n) is 19.2. The number of hydrogen-bond acceptors (Lipinski definition) is 6. The number of rotatable bonds is 6. The molecule has 0 radical (unpaired) electrons. The quantitative estimate of drug-likeness (QED) is 0.490. The molecule has 2 amide bonds. The van der Waals surface area contributed by atoms with Crippen molar-refractivity contribution in [2.75, 3.05) is 26.3 Å². The van der Waals surface area contributed by atoms with E-state index in [0.717, 1.165) is 12.8 Å². The number of nitrogens with zero attached hydrogens (tertiary/aromatic N) is 2. The molecule has 4 aliphatic rings. The van der Waals surface area contributed by atoms with Crippen molar-refractivity contribution in [2.45, 2.75) is 69.7 Å². The fraction of sp³-hybridized carbons (Fsp3) is 0.708. The van der Waals surface area contributed by atoms with Crippen LogP contribution in [-0.2, 0) is 23.9 Å². The smallest absolute Gasteiger partial charge is 0.313 e. The van der Waals surface area contributed by atoms with Gasteiger partial charge in [0.2, 0.25) is 11.8 Å². The third kappa shape index (κ3) is 3.39. The van der Waals surface area contributed by atoms with E-state index in [-0.39, 0.29) is 37.6 Å². The maximum absolute atomic E-state index is 13.9. The van der Waals surface area contributed by atoms with Crippen molar-refractivity contribution >= 4 is 17.8 Å². The van der Waals surface area contributed by atoms with Crippen molar-refractivity contribution in [2.24, 2.45) is 11.8 Å². The number of ether oxygens (including phenoxy) is 2. The fourth-order valence-electron chi connectivity index (χ4n) is 5.96. The average Bonchev–Trinajstić information content (AvgIpc) is 3.05. The van der Waals surface area contributed by atoms with Crippen LogP contribution in [0.5, 0.6) is 0 Å². The van der Waals surface area contributed by atoms with E-state index in [1.165, 1.54) is 4.90 Å². The number of carbonyl (C=O) groups is 3. The number of esters is 1. The van der Waals surface area contributed by atoms with E-state index >= 15 is 0 Å². The third-order valence-corrected chi connectivity index (χ3v) is 7.35. The van der Waals surface area contributed by atoms with Gasteiger partial charge >= 0.3 is 5.97 Å². The van der Waals surface area contributed by atoms with Gasteiger partial charge in [-0.1, -0.05) is 37.6 Å². The van der Waals surface area contributed by atoms with E-state index in [1.807, 2.05) is 31.2 Å². The summed E-state index contributed by atoms with van der Waals surface area (Å²) >= 11 is 0. The van der Waals surface area contributed by atoms with Gasteiger partial charge < -0.3 is 24.4 Å². The van der Waals surface area contributed by atoms with E-state index < -0.39 is 35.0 Å². The lowest BCUT2D eigenvalue weighted by Crippen LogP contribution is -2.57. The fourth-order valence-corrected chi connectivity index (χ4v) is 5.96. The molecule has 32 heavy (non-hydrogen) atoms. The molecular formula is C24H34N2O6. The first-order valence-electron chi connectivity index (χ1n) is 11.7. The monoisotopic (exact) mass is 446 g/mol. The Labute approximate surface area is 189 Å². The summed E-state index contributed by atoms with van der Waals surface area (Å²) in [5.41, 5.74) is -2.30. The first kappa shape index (κ1) is 23.0. The number of aliphatic hydroxyl groups excluding tert-OH is 1. The maximum Gasteiger partial charge on any atom is 0.313 e. The lowest BCUT2D eigenvalue weighted by atomic mass is 9.74. The predicted octanol–water partition coefficient (Wildman–Crippen LogP) is 1.43. The number of likely N-dealkylation sites (tertiary alicyclic amines) is 1. The molecule has 4 heterocycles. The molecule has 1 spiro atoms. The zero-order valence-corrected chi connectivity index (χ0v) is 19.2. The van der Waals surface area contributed by atoms with E-state index in [0.29, 0.717) is 19.4 Å². The van der Waals surface area contributed by atoms with Crippen molar-refractivity contribution < 1.29 is 29.0 Å². The zero-order chi connectivity index (χ0) is 23.1. The van der Waals surface area contributed by atoms with Crippen LogP contribution < -0.4 is 0 Å². The van der Waals surface area contributed by atoms with Crippen LogP contribution in [0.4, 0.5) is 0 Å². The molecule has 4 aliphatic heterocycles. The van der Waals surface area contributed by atoms with Gasteiger partial charge in [0, 0.05) is 25.7 Å². The van der Waals surface area contributed by atoms with Gasteiger partial charge in [0.15, 0.2) is 0 Å². The molecule has 0 aromatic carbocycles. The van der Waals surface area contributed by atoms with Gasteiger partial charge in [0.05, 0.1) is 18.1 Å². The van der Waals surface area contributed by atoms with Crippen molar-refractivity contribution in [3.8, 4) is 0 Å². The van der Waals surface area contributed by atoms with Crippen LogP contribution in [0.3, 0.4) is 0 Å². The minimum Gasteiger partial charge on any atom is -0.465 e. The Morgan fingerprint density at radius 1 is 1.19 bits per heavy atom. The Kier molecular flexibility index (Phi) is 6.20. The molecule has 8 nitrogen and oxygen atoms in total. The minimum absolute atomic E-state index is 0.0108. The van der Waals surface area contributed by atoms with Crippen molar-refractivity contribution in [1.82, 2.24) is 9.80 Å². The standard InChI is InChI=1S/C24H34N2O6/c1-4-9-16(2)25-12-7-11-24-17(20(28)26(13-8-14-27)19(24)21(25)29)18-22(30)31-15-6-5-10-23(18,3)32-24/h5,7,10-11,16-19,27H,4,6,8-9,12-15H2,1-3H3/t16?,17-,18+,19?,23-,24-/m0/s1. The first-order chi connectivity index (χ1) is 15.3. The second kappa shape index (κ2) is 8.63. The highest BCUT2D eigenvalue weighted by Crippen LogP contribution is 2.57. The van der Waals surface area contributed by atoms with E-state index in [1.54, 1.807) is 11.8 Å². The summed E-state index contributed by atoms with van der Waals surface area (Å²) in [5, 5.41) is 9.42. The van der Waals surface area contributed by atoms with Gasteiger partial charge in [0.25, 0.3) is 0 Å². The molecule has 2 saturated heterocycles. The van der Waals surface area contributed by atoms with Crippen LogP contribution >= 0.6 is 0 Å². The van der Waals surface area contributed by atoms with E-state index in [4.69, 9.17) is 9.47 Å². The van der Waals surface area contributed by atoms with E-state index in [9.17, 15) is 19.5 Å². The van der Waals surface area contributed by atoms with Gasteiger partial charge in [-0.2, -0.15) is 0 Å². The summed E-state index contributed by atoms with van der Waals surface area (Å²) < 4.78 is 12.1. The SMILES string of the molecule is CCCC(C)N1CC=C[C@]23O[C@@]4(C)C=CCCOC(=O)[C@H]4[C@H]2C(=O)N(CCCO)C3C1=O. The van der Waals surface area contributed by atoms with Crippen molar-refractivity contribution in [3.05, 3.63) is 24.3 Å². The van der Waals surface area contributed by atoms with Gasteiger partial charge in [-0.25, -0.2) is 0 Å². The molecule has 6 atom stereocenters. The van der Waals surface area contributed by atoms with Crippen molar-refractivity contribution in [1.29, 1.82) is 0 Å². The highest BCUT2D eigenvalue weighted by atomic mass is 16.6. The number of carbonyl (C=O) groups excluding carboxylic acids is 3. The minimum atomic E-state index is -1.25. The van der Waals surface area contributed by atoms with Gasteiger partial charge in [-0.3, -0.25) is 14.4 Å². The van der Waals surface area contributed by atoms with Crippen LogP contribution in [0, 0.1) is 11.8 Å². The van der Waals surface area contributed by atoms with Crippen LogP contribution in [0.1, 0.15) is 46.5 Å². The molecule has 1 N–H and O–H groups in total. The molecule has 0 aromatic heterocycles. The normalized spacial score (nSPS) is 37.4. The van der Waals surface area contributed by atoms with E-state index in [2.05, 4.69) is 6.92 Å². The summed E-state index contributed by atoms with van der Waals surface area (Å²) in [5.74, 6) is -2.61. The van der Waals surface area contributed by atoms with Crippen LogP contribution in [0.15, 0.2) is 24.3 Å². The van der Waals surface area contributed by atoms with Gasteiger partial charge in [-0.05, 0) is 33.1 Å². The van der Waals surface area contributed by atoms with Crippen LogP contribution in [-0.4, -0.2) is 82.3 Å². The molecule has 176 valence electrons. The Morgan fingerprint density at radius 2 is 1.97 bits per heavy atom. The number of fused-ring (bicyclic) bond motifs is 2. The Hall–Kier alpha value is -2.19. The van der Waals surface area contributed by atoms with Crippen molar-refractivity contribution in [3.63, 3.8) is 0 Å². The number of hydrogen-bond donors (Lipinski definition) is 1. The summed E-state index contributed by atoms with van der Waals surface area (Å²) in [6.45, 7) is 6.71. The molecule has 2 unspecified atom stereocenters. The van der Waals surface area contributed by atoms with Gasteiger partial charge in [0.1, 0.15) is 17.6 Å². The van der Waals surface area contributed by atoms with Crippen LogP contribution in [0.2, 0.25) is 0 Å². The summed E-state index contributed by atoms with van der Waals surface area (Å²) in [6.07, 6.45) is 10.2. The molecule has 4 rings (SSSR count). The molecule has 0 saturated carbocycles. The second-order valence-electron chi connectivity index (χ2n) is 9.50. The predicted molar refractivity (Wildman–Crippen MR) is 116 cm³/mol. The third-order valence-electron chi connectivity index (χ3n) is 7.35. The Balaban J connectivity index is 1.83. The lowest BCUT2D eigenvalue weighted by molar-refractivity contribution is -0.160. The lowest BCUT2D eigenvalue weighted by Gasteiger charge is -2.39. The van der Waals surface area contributed by atoms with Crippen LogP contribution in [0.25, 0.3) is 0 Å². The summed E-state index contributed by atoms with van der Waals surface area (Å²) in [6, 6.07) is -0.868.